The number of nitrogens with one attached hydrogen (secondary N) is 1. The number of anilines is 1. The van der Waals surface area contributed by atoms with Crippen LogP contribution in [0.5, 0.6) is 11.5 Å². The first-order valence-corrected chi connectivity index (χ1v) is 18.6. The van der Waals surface area contributed by atoms with Gasteiger partial charge < -0.3 is 45.7 Å². The number of Topliss-reactive ketones (excluding diaryl/α,β-unsaturated/α-hetero) is 1. The second kappa shape index (κ2) is 14.6. The molecule has 2 aromatic rings. The standard InChI is InChI=1S/C31H34ClN9O12S2/c1-30(2,25(47)48)53-36-20(16-12-54-27(33)34-16)18(43)11-15-23(46)39-13-31(26(49)50,55-24(15)39)40-9-10-41(29(40)52)35-28(51)38-7-5-37(6-8-38)22(45)14-3-4-17(42)21(44)19(14)32/h3-4,12,15,24,42,44H,5-11,13H2,1-2H3,(H2,33,34)(H,35,51)(H,47,48)(H,49,50)/b36-20-/t15-,24-,31+/m1/s1. The van der Waals surface area contributed by atoms with Crippen LogP contribution < -0.4 is 11.2 Å². The van der Waals surface area contributed by atoms with Gasteiger partial charge in [-0.2, -0.15) is 0 Å². The maximum absolute atomic E-state index is 13.6. The number of carboxylic acids is 2. The van der Waals surface area contributed by atoms with E-state index in [9.17, 15) is 54.0 Å². The number of halogens is 1. The molecule has 1 aromatic heterocycles. The summed E-state index contributed by atoms with van der Waals surface area (Å²) < 4.78 is 0. The molecule has 0 aliphatic carbocycles. The van der Waals surface area contributed by atoms with E-state index in [4.69, 9.17) is 22.2 Å². The van der Waals surface area contributed by atoms with Crippen LogP contribution in [0.2, 0.25) is 5.02 Å². The van der Waals surface area contributed by atoms with E-state index in [1.807, 2.05) is 0 Å². The maximum atomic E-state index is 13.6. The van der Waals surface area contributed by atoms with Gasteiger partial charge in [0, 0.05) is 44.5 Å². The Bertz CT molecular complexity index is 2020. The average Bonchev–Trinajstić information content (AvgIpc) is 3.85. The minimum absolute atomic E-state index is 0.00316. The Morgan fingerprint density at radius 3 is 2.36 bits per heavy atom. The van der Waals surface area contributed by atoms with Crippen LogP contribution in [-0.4, -0.2) is 159 Å². The summed E-state index contributed by atoms with van der Waals surface area (Å²) in [4.78, 5) is 103. The van der Waals surface area contributed by atoms with Crippen LogP contribution in [-0.2, 0) is 24.0 Å². The van der Waals surface area contributed by atoms with Crippen LogP contribution in [0, 0.1) is 5.92 Å². The first-order chi connectivity index (χ1) is 25.9. The lowest BCUT2D eigenvalue weighted by atomic mass is 9.90. The van der Waals surface area contributed by atoms with Gasteiger partial charge in [0.05, 0.1) is 35.0 Å². The summed E-state index contributed by atoms with van der Waals surface area (Å²) in [7, 11) is 0. The molecule has 6 amide bonds. The number of benzene rings is 1. The third kappa shape index (κ3) is 7.09. The van der Waals surface area contributed by atoms with Crippen LogP contribution in [0.3, 0.4) is 0 Å². The van der Waals surface area contributed by atoms with E-state index in [-0.39, 0.29) is 66.4 Å². The molecule has 24 heteroatoms. The number of hydrogen-bond acceptors (Lipinski definition) is 15. The lowest BCUT2D eigenvalue weighted by Gasteiger charge is -2.40. The fourth-order valence-electron chi connectivity index (χ4n) is 6.24. The van der Waals surface area contributed by atoms with Gasteiger partial charge in [-0.05, 0) is 26.0 Å². The molecule has 4 fully saturated rings. The molecule has 0 spiro atoms. The van der Waals surface area contributed by atoms with Crippen LogP contribution in [0.25, 0.3) is 0 Å². The van der Waals surface area contributed by atoms with Gasteiger partial charge in [0.2, 0.25) is 16.4 Å². The predicted molar refractivity (Wildman–Crippen MR) is 192 cm³/mol. The molecule has 0 radical (unpaired) electrons. The smallest absolute Gasteiger partial charge is 0.350 e. The number of phenols is 2. The van der Waals surface area contributed by atoms with E-state index in [2.05, 4.69) is 15.6 Å². The van der Waals surface area contributed by atoms with Crippen molar-refractivity contribution in [1.82, 2.24) is 35.0 Å². The lowest BCUT2D eigenvalue weighted by Crippen LogP contribution is -2.60. The van der Waals surface area contributed by atoms with Gasteiger partial charge in [-0.3, -0.25) is 19.3 Å². The minimum atomic E-state index is -1.96. The molecule has 55 heavy (non-hydrogen) atoms. The van der Waals surface area contributed by atoms with Crippen molar-refractivity contribution in [2.75, 3.05) is 51.5 Å². The minimum Gasteiger partial charge on any atom is -0.504 e. The number of aromatic nitrogens is 1. The molecule has 294 valence electrons. The second-order valence-corrected chi connectivity index (χ2v) is 16.0. The van der Waals surface area contributed by atoms with Gasteiger partial charge in [0.15, 0.2) is 28.1 Å². The van der Waals surface area contributed by atoms with Crippen molar-refractivity contribution in [3.05, 3.63) is 33.8 Å². The van der Waals surface area contributed by atoms with Crippen LogP contribution in [0.1, 0.15) is 36.3 Å². The molecular formula is C31H34ClN9O12S2. The number of thiazole rings is 1. The summed E-state index contributed by atoms with van der Waals surface area (Å²) in [5.74, 6) is -6.73. The Hall–Kier alpha value is -5.55. The number of amides is 6. The number of phenolic OH excluding ortho intramolecular Hbond substituents is 2. The molecule has 0 unspecified atom stereocenters. The summed E-state index contributed by atoms with van der Waals surface area (Å²) in [5.41, 5.74) is 5.97. The molecule has 4 aliphatic heterocycles. The molecule has 21 nitrogen and oxygen atoms in total. The lowest BCUT2D eigenvalue weighted by molar-refractivity contribution is -0.161. The molecule has 1 aromatic carbocycles. The van der Waals surface area contributed by atoms with E-state index >= 15 is 0 Å². The molecular weight excluding hydrogens is 790 g/mol. The van der Waals surface area contributed by atoms with Gasteiger partial charge in [-0.15, -0.1) is 11.3 Å². The van der Waals surface area contributed by atoms with E-state index in [0.29, 0.717) is 0 Å². The third-order valence-electron chi connectivity index (χ3n) is 9.46. The van der Waals surface area contributed by atoms with Crippen LogP contribution in [0.15, 0.2) is 22.7 Å². The summed E-state index contributed by atoms with van der Waals surface area (Å²) >= 11 is 7.83. The van der Waals surface area contributed by atoms with Crippen molar-refractivity contribution in [1.29, 1.82) is 0 Å². The Morgan fingerprint density at radius 2 is 1.75 bits per heavy atom. The number of piperazine rings is 1. The van der Waals surface area contributed by atoms with Gasteiger partial charge in [0.1, 0.15) is 5.69 Å². The number of β-lactam (4-membered cyclic amide) rings is 1. The number of fused-ring (bicyclic) bond motifs is 1. The number of ketones is 1. The number of rotatable bonds is 11. The Balaban J connectivity index is 1.08. The highest BCUT2D eigenvalue weighted by Crippen LogP contribution is 2.53. The van der Waals surface area contributed by atoms with Crippen molar-refractivity contribution in [3.63, 3.8) is 0 Å². The molecule has 6 rings (SSSR count). The number of oxime groups is 1. The number of hydrazine groups is 1. The molecule has 0 bridgehead atoms. The second-order valence-electron chi connectivity index (χ2n) is 13.3. The normalized spacial score (nSPS) is 22.7. The van der Waals surface area contributed by atoms with Crippen molar-refractivity contribution in [2.45, 2.75) is 36.1 Å². The Morgan fingerprint density at radius 1 is 1.07 bits per heavy atom. The predicted octanol–water partition coefficient (Wildman–Crippen LogP) is 0.465. The number of aromatic hydroxyl groups is 2. The van der Waals surface area contributed by atoms with Crippen molar-refractivity contribution >= 4 is 87.1 Å². The monoisotopic (exact) mass is 823 g/mol. The number of thioether (sulfide) groups is 1. The van der Waals surface area contributed by atoms with E-state index in [0.717, 1.165) is 39.1 Å². The van der Waals surface area contributed by atoms with Gasteiger partial charge in [-0.25, -0.2) is 34.6 Å². The highest BCUT2D eigenvalue weighted by Gasteiger charge is 2.66. The maximum Gasteiger partial charge on any atom is 0.350 e. The third-order valence-corrected chi connectivity index (χ3v) is 12.3. The van der Waals surface area contributed by atoms with Crippen molar-refractivity contribution in [2.24, 2.45) is 11.1 Å². The zero-order valence-electron chi connectivity index (χ0n) is 29.0. The number of carboxylic acid groups (broad SMARTS) is 2. The summed E-state index contributed by atoms with van der Waals surface area (Å²) in [6.45, 7) is 2.10. The molecule has 5 heterocycles. The zero-order chi connectivity index (χ0) is 40.1. The van der Waals surface area contributed by atoms with Crippen molar-refractivity contribution < 1.29 is 58.8 Å². The molecule has 4 saturated heterocycles. The number of hydrogen-bond donors (Lipinski definition) is 6. The first kappa shape index (κ1) is 39.2. The summed E-state index contributed by atoms with van der Waals surface area (Å²) in [6.07, 6.45) is -0.463. The highest BCUT2D eigenvalue weighted by molar-refractivity contribution is 8.02. The number of nitrogen functional groups attached to an aromatic ring is 1. The van der Waals surface area contributed by atoms with E-state index in [1.165, 1.54) is 40.0 Å². The Kier molecular flexibility index (Phi) is 10.4. The molecule has 3 atom stereocenters. The summed E-state index contributed by atoms with van der Waals surface area (Å²) in [6, 6.07) is 0.877. The molecule has 4 aliphatic rings. The van der Waals surface area contributed by atoms with E-state index < -0.39 is 87.8 Å². The SMILES string of the molecule is CC(C)(O/N=C(\C(=O)C[C@@H]1C(=O)N2C[C@](C(=O)O)(N3CCN(NC(=O)N4CCN(C(=O)c5ccc(O)c(O)c5Cl)CC4)C3=O)S[C@H]12)c1csc(N)n1)C(=O)O. The van der Waals surface area contributed by atoms with E-state index in [1.54, 1.807) is 0 Å². The fraction of sp³-hybridized carbons (Fsp3) is 0.452. The summed E-state index contributed by atoms with van der Waals surface area (Å²) in [5, 5.41) is 44.4. The van der Waals surface area contributed by atoms with Crippen LogP contribution >= 0.6 is 34.7 Å². The molecule has 0 saturated carbocycles. The van der Waals surface area contributed by atoms with Gasteiger partial charge >= 0.3 is 24.0 Å². The number of carbonyl (C=O) groups is 7. The molecule has 7 N–H and O–H groups in total. The van der Waals surface area contributed by atoms with Gasteiger partial charge in [0.25, 0.3) is 5.91 Å². The number of urea groups is 2. The van der Waals surface area contributed by atoms with Crippen LogP contribution in [0.4, 0.5) is 14.7 Å². The average molecular weight is 824 g/mol. The quantitative estimate of drug-likeness (QED) is 0.0777. The number of nitrogens with zero attached hydrogens (tertiary/aromatic N) is 7. The fourth-order valence-corrected chi connectivity index (χ4v) is 8.73. The number of nitrogens with two attached hydrogens (primary N) is 1. The topological polar surface area (TPSA) is 289 Å². The number of aliphatic carboxylic acids is 2. The zero-order valence-corrected chi connectivity index (χ0v) is 31.4. The first-order valence-electron chi connectivity index (χ1n) is 16.5. The largest absolute Gasteiger partial charge is 0.504 e. The van der Waals surface area contributed by atoms with Gasteiger partial charge in [-0.1, -0.05) is 28.5 Å². The number of carbonyl (C=O) groups excluding carboxylic acids is 5. The highest BCUT2D eigenvalue weighted by atomic mass is 35.5. The Labute approximate surface area is 324 Å². The van der Waals surface area contributed by atoms with Crippen molar-refractivity contribution in [3.8, 4) is 11.5 Å².